The molecule has 0 unspecified atom stereocenters. The van der Waals surface area contributed by atoms with Crippen LogP contribution in [0.5, 0.6) is 0 Å². The number of carbonyl (C=O) groups is 1. The van der Waals surface area contributed by atoms with E-state index in [2.05, 4.69) is 10.3 Å². The summed E-state index contributed by atoms with van der Waals surface area (Å²) in [6, 6.07) is 1.90. The van der Waals surface area contributed by atoms with Crippen molar-refractivity contribution in [1.82, 2.24) is 10.3 Å². The van der Waals surface area contributed by atoms with Gasteiger partial charge in [-0.2, -0.15) is 0 Å². The normalized spacial score (nSPS) is 31.9. The van der Waals surface area contributed by atoms with Crippen molar-refractivity contribution in [1.29, 1.82) is 0 Å². The summed E-state index contributed by atoms with van der Waals surface area (Å²) in [7, 11) is 0. The Bertz CT molecular complexity index is 418. The van der Waals surface area contributed by atoms with E-state index in [0.717, 1.165) is 19.4 Å². The topological polar surface area (TPSA) is 54.1 Å². The van der Waals surface area contributed by atoms with Crippen molar-refractivity contribution in [3.05, 3.63) is 23.0 Å². The van der Waals surface area contributed by atoms with Crippen molar-refractivity contribution in [2.45, 2.75) is 25.0 Å². The molecule has 4 nitrogen and oxygen atoms in total. The summed E-state index contributed by atoms with van der Waals surface area (Å²) in [6.45, 7) is 0.829. The number of hydrogen-bond acceptors (Lipinski definition) is 2. The monoisotopic (exact) mass is 240 g/mol. The van der Waals surface area contributed by atoms with E-state index >= 15 is 0 Å². The molecular formula is C11H13ClN2O2. The van der Waals surface area contributed by atoms with Crippen LogP contribution in [0.25, 0.3) is 0 Å². The highest BCUT2D eigenvalue weighted by atomic mass is 35.5. The van der Waals surface area contributed by atoms with E-state index in [4.69, 9.17) is 16.3 Å². The van der Waals surface area contributed by atoms with Crippen molar-refractivity contribution in [2.24, 2.45) is 5.92 Å². The van der Waals surface area contributed by atoms with Crippen LogP contribution in [0, 0.1) is 5.92 Å². The molecular weight excluding hydrogens is 228 g/mol. The molecule has 0 radical (unpaired) electrons. The summed E-state index contributed by atoms with van der Waals surface area (Å²) >= 11 is 5.75. The zero-order valence-corrected chi connectivity index (χ0v) is 9.46. The number of halogens is 1. The van der Waals surface area contributed by atoms with Gasteiger partial charge in [-0.25, -0.2) is 0 Å². The minimum atomic E-state index is -0.0812. The predicted octanol–water partition coefficient (Wildman–Crippen LogP) is 1.58. The van der Waals surface area contributed by atoms with Crippen LogP contribution < -0.4 is 5.32 Å². The molecule has 1 aliphatic carbocycles. The van der Waals surface area contributed by atoms with Gasteiger partial charge in [-0.05, 0) is 18.9 Å². The van der Waals surface area contributed by atoms with Crippen molar-refractivity contribution >= 4 is 17.5 Å². The fraction of sp³-hybridized carbons (Fsp3) is 0.545. The van der Waals surface area contributed by atoms with Crippen molar-refractivity contribution < 1.29 is 9.53 Å². The molecule has 2 N–H and O–H groups in total. The van der Waals surface area contributed by atoms with E-state index in [-0.39, 0.29) is 11.9 Å². The Labute approximate surface area is 98.3 Å². The lowest BCUT2D eigenvalue weighted by Crippen LogP contribution is -2.53. The predicted molar refractivity (Wildman–Crippen MR) is 59.5 cm³/mol. The molecule has 1 saturated heterocycles. The van der Waals surface area contributed by atoms with Crippen molar-refractivity contribution in [2.75, 3.05) is 6.61 Å². The Hall–Kier alpha value is -1.00. The van der Waals surface area contributed by atoms with E-state index < -0.39 is 0 Å². The molecule has 0 spiro atoms. The van der Waals surface area contributed by atoms with E-state index in [1.54, 1.807) is 12.3 Å². The number of H-pyrrole nitrogens is 1. The first-order valence-corrected chi connectivity index (χ1v) is 5.88. The van der Waals surface area contributed by atoms with Crippen LogP contribution >= 0.6 is 11.6 Å². The first-order chi connectivity index (χ1) is 7.74. The second-order valence-electron chi connectivity index (χ2n) is 4.41. The minimum absolute atomic E-state index is 0.0812. The smallest absolute Gasteiger partial charge is 0.267 e. The maximum Gasteiger partial charge on any atom is 0.267 e. The number of aromatic amines is 1. The molecule has 0 aromatic carbocycles. The Balaban J connectivity index is 1.61. The molecule has 1 amide bonds. The maximum atomic E-state index is 11.8. The maximum absolute atomic E-state index is 11.8. The molecule has 1 aromatic heterocycles. The van der Waals surface area contributed by atoms with Crippen LogP contribution in [0.4, 0.5) is 0 Å². The molecule has 86 valence electrons. The highest BCUT2D eigenvalue weighted by molar-refractivity contribution is 6.30. The second kappa shape index (κ2) is 3.79. The molecule has 16 heavy (non-hydrogen) atoms. The van der Waals surface area contributed by atoms with Gasteiger partial charge in [-0.3, -0.25) is 4.79 Å². The third kappa shape index (κ3) is 1.62. The Morgan fingerprint density at radius 3 is 3.19 bits per heavy atom. The third-order valence-electron chi connectivity index (χ3n) is 3.47. The van der Waals surface area contributed by atoms with Gasteiger partial charge in [0, 0.05) is 24.8 Å². The number of ether oxygens (including phenoxy) is 1. The number of aromatic nitrogens is 1. The van der Waals surface area contributed by atoms with Crippen molar-refractivity contribution in [3.8, 4) is 0 Å². The highest BCUT2D eigenvalue weighted by Crippen LogP contribution is 2.38. The van der Waals surface area contributed by atoms with Gasteiger partial charge in [-0.15, -0.1) is 0 Å². The lowest BCUT2D eigenvalue weighted by atomic mass is 9.76. The van der Waals surface area contributed by atoms with Gasteiger partial charge in [0.25, 0.3) is 5.91 Å². The lowest BCUT2D eigenvalue weighted by Gasteiger charge is -2.39. The van der Waals surface area contributed by atoms with E-state index in [1.807, 2.05) is 0 Å². The zero-order chi connectivity index (χ0) is 11.1. The van der Waals surface area contributed by atoms with Crippen LogP contribution in [0.1, 0.15) is 23.3 Å². The first kappa shape index (κ1) is 10.2. The molecule has 2 fully saturated rings. The summed E-state index contributed by atoms with van der Waals surface area (Å²) in [4.78, 5) is 14.7. The number of hydrogen-bond donors (Lipinski definition) is 2. The van der Waals surface area contributed by atoms with Crippen LogP contribution in [0.2, 0.25) is 5.02 Å². The van der Waals surface area contributed by atoms with Gasteiger partial charge in [0.05, 0.1) is 11.1 Å². The molecule has 2 heterocycles. The average molecular weight is 241 g/mol. The van der Waals surface area contributed by atoms with Crippen LogP contribution in [0.15, 0.2) is 12.3 Å². The molecule has 1 aliphatic heterocycles. The SMILES string of the molecule is O=C(N[C@@H]1C[C@H]2OCC[C@@H]12)c1cc(Cl)c[nH]1. The Morgan fingerprint density at radius 1 is 1.62 bits per heavy atom. The Morgan fingerprint density at radius 2 is 2.50 bits per heavy atom. The van der Waals surface area contributed by atoms with Gasteiger partial charge in [0.2, 0.25) is 0 Å². The van der Waals surface area contributed by atoms with Crippen LogP contribution in [-0.2, 0) is 4.74 Å². The van der Waals surface area contributed by atoms with E-state index in [0.29, 0.717) is 22.7 Å². The summed E-state index contributed by atoms with van der Waals surface area (Å²) in [6.07, 6.45) is 3.97. The summed E-state index contributed by atoms with van der Waals surface area (Å²) in [5.41, 5.74) is 0.521. The molecule has 1 saturated carbocycles. The molecule has 0 bridgehead atoms. The van der Waals surface area contributed by atoms with Crippen LogP contribution in [-0.4, -0.2) is 29.6 Å². The fourth-order valence-electron chi connectivity index (χ4n) is 2.51. The summed E-state index contributed by atoms with van der Waals surface area (Å²) < 4.78 is 5.49. The first-order valence-electron chi connectivity index (χ1n) is 5.50. The number of carbonyl (C=O) groups excluding carboxylic acids is 1. The summed E-state index contributed by atoms with van der Waals surface area (Å²) in [5, 5.41) is 3.56. The van der Waals surface area contributed by atoms with Gasteiger partial charge in [-0.1, -0.05) is 11.6 Å². The van der Waals surface area contributed by atoms with Crippen LogP contribution in [0.3, 0.4) is 0 Å². The Kier molecular flexibility index (Phi) is 2.41. The van der Waals surface area contributed by atoms with Crippen molar-refractivity contribution in [3.63, 3.8) is 0 Å². The largest absolute Gasteiger partial charge is 0.378 e. The third-order valence-corrected chi connectivity index (χ3v) is 3.69. The fourth-order valence-corrected chi connectivity index (χ4v) is 2.67. The number of fused-ring (bicyclic) bond motifs is 1. The minimum Gasteiger partial charge on any atom is -0.378 e. The molecule has 3 atom stereocenters. The van der Waals surface area contributed by atoms with Gasteiger partial charge >= 0.3 is 0 Å². The number of amides is 1. The quantitative estimate of drug-likeness (QED) is 0.825. The van der Waals surface area contributed by atoms with E-state index in [1.165, 1.54) is 0 Å². The van der Waals surface area contributed by atoms with Gasteiger partial charge in [0.15, 0.2) is 0 Å². The van der Waals surface area contributed by atoms with Gasteiger partial charge < -0.3 is 15.0 Å². The standard InChI is InChI=1S/C11H13ClN2O2/c12-6-3-9(13-5-6)11(15)14-8-4-10-7(8)1-2-16-10/h3,5,7-8,10,13H,1-2,4H2,(H,14,15)/t7-,8+,10+/m0/s1. The molecule has 3 rings (SSSR count). The second-order valence-corrected chi connectivity index (χ2v) is 4.85. The van der Waals surface area contributed by atoms with E-state index in [9.17, 15) is 4.79 Å². The molecule has 2 aliphatic rings. The number of rotatable bonds is 2. The van der Waals surface area contributed by atoms with Gasteiger partial charge in [0.1, 0.15) is 5.69 Å². The molecule has 1 aromatic rings. The lowest BCUT2D eigenvalue weighted by molar-refractivity contribution is 0.00803. The summed E-state index contributed by atoms with van der Waals surface area (Å²) in [5.74, 6) is 0.427. The average Bonchev–Trinajstić information content (AvgIpc) is 2.81. The zero-order valence-electron chi connectivity index (χ0n) is 8.70. The molecule has 5 heteroatoms. The number of nitrogens with one attached hydrogen (secondary N) is 2. The highest BCUT2D eigenvalue weighted by Gasteiger charge is 2.45.